The van der Waals surface area contributed by atoms with Crippen LogP contribution in [0.1, 0.15) is 38.3 Å². The monoisotopic (exact) mass is 271 g/mol. The summed E-state index contributed by atoms with van der Waals surface area (Å²) >= 11 is 1.50. The summed E-state index contributed by atoms with van der Waals surface area (Å²) in [7, 11) is 0. The predicted octanol–water partition coefficient (Wildman–Crippen LogP) is 2.66. The first kappa shape index (κ1) is 12.1. The molecular formula is C15H13NO2S. The van der Waals surface area contributed by atoms with Crippen molar-refractivity contribution < 1.29 is 9.59 Å². The molecule has 1 aliphatic heterocycles. The van der Waals surface area contributed by atoms with Gasteiger partial charge in [-0.1, -0.05) is 12.1 Å². The van der Waals surface area contributed by atoms with Crippen LogP contribution in [-0.4, -0.2) is 18.2 Å². The zero-order valence-corrected chi connectivity index (χ0v) is 11.1. The Kier molecular flexibility index (Phi) is 3.17. The summed E-state index contributed by atoms with van der Waals surface area (Å²) in [5.41, 5.74) is 2.92. The van der Waals surface area contributed by atoms with Crippen molar-refractivity contribution in [3.8, 4) is 0 Å². The van der Waals surface area contributed by atoms with Crippen molar-refractivity contribution in [1.82, 2.24) is 5.32 Å². The maximum absolute atomic E-state index is 12.3. The molecule has 1 aliphatic rings. The summed E-state index contributed by atoms with van der Waals surface area (Å²) in [5, 5.41) is 6.56. The zero-order valence-electron chi connectivity index (χ0n) is 10.3. The van der Waals surface area contributed by atoms with Gasteiger partial charge in [0, 0.05) is 28.6 Å². The molecule has 96 valence electrons. The number of hydrogen-bond acceptors (Lipinski definition) is 3. The van der Waals surface area contributed by atoms with E-state index in [2.05, 4.69) is 5.32 Å². The molecule has 1 aromatic heterocycles. The van der Waals surface area contributed by atoms with Gasteiger partial charge >= 0.3 is 0 Å². The number of carbonyl (C=O) groups excluding carboxylic acids is 2. The molecule has 2 aromatic rings. The minimum atomic E-state index is -0.0764. The second-order valence-electron chi connectivity index (χ2n) is 4.57. The van der Waals surface area contributed by atoms with Gasteiger partial charge in [0.15, 0.2) is 5.78 Å². The van der Waals surface area contributed by atoms with E-state index in [9.17, 15) is 9.59 Å². The van der Waals surface area contributed by atoms with Gasteiger partial charge in [0.25, 0.3) is 5.91 Å². The Labute approximate surface area is 115 Å². The Balaban J connectivity index is 2.01. The summed E-state index contributed by atoms with van der Waals surface area (Å²) in [6, 6.07) is 7.24. The number of thiophene rings is 1. The van der Waals surface area contributed by atoms with Crippen LogP contribution in [0.4, 0.5) is 0 Å². The van der Waals surface area contributed by atoms with Crippen LogP contribution < -0.4 is 5.32 Å². The number of benzene rings is 1. The van der Waals surface area contributed by atoms with Gasteiger partial charge < -0.3 is 5.32 Å². The maximum Gasteiger partial charge on any atom is 0.251 e. The first-order chi connectivity index (χ1) is 9.25. The van der Waals surface area contributed by atoms with Gasteiger partial charge in [0.1, 0.15) is 0 Å². The normalized spacial score (nSPS) is 14.4. The van der Waals surface area contributed by atoms with Gasteiger partial charge in [-0.05, 0) is 35.9 Å². The van der Waals surface area contributed by atoms with Crippen molar-refractivity contribution in [1.29, 1.82) is 0 Å². The molecule has 2 heterocycles. The molecule has 0 fully saturated rings. The molecule has 1 N–H and O–H groups in total. The van der Waals surface area contributed by atoms with Crippen molar-refractivity contribution in [3.05, 3.63) is 57.3 Å². The van der Waals surface area contributed by atoms with E-state index < -0.39 is 0 Å². The Morgan fingerprint density at radius 1 is 1.21 bits per heavy atom. The molecule has 0 bridgehead atoms. The molecule has 0 unspecified atom stereocenters. The van der Waals surface area contributed by atoms with Gasteiger partial charge in [-0.25, -0.2) is 0 Å². The van der Waals surface area contributed by atoms with Crippen LogP contribution in [0.25, 0.3) is 0 Å². The van der Waals surface area contributed by atoms with E-state index in [1.165, 1.54) is 11.3 Å². The Bertz CT molecular complexity index is 632. The highest BCUT2D eigenvalue weighted by Crippen LogP contribution is 2.19. The third kappa shape index (κ3) is 2.31. The van der Waals surface area contributed by atoms with Gasteiger partial charge in [-0.2, -0.15) is 11.3 Å². The van der Waals surface area contributed by atoms with Crippen molar-refractivity contribution in [2.24, 2.45) is 0 Å². The Morgan fingerprint density at radius 2 is 2.11 bits per heavy atom. The standard InChI is InChI=1S/C15H13NO2S/c17-14(12-5-7-19-9-12)11-4-3-10-2-1-6-16-15(18)13(10)8-11/h3-5,7-9H,1-2,6H2,(H,16,18). The lowest BCUT2D eigenvalue weighted by Crippen LogP contribution is -2.22. The average Bonchev–Trinajstić information content (AvgIpc) is 2.90. The van der Waals surface area contributed by atoms with Crippen LogP contribution in [0.2, 0.25) is 0 Å². The third-order valence-electron chi connectivity index (χ3n) is 3.31. The minimum absolute atomic E-state index is 0.0268. The van der Waals surface area contributed by atoms with E-state index in [-0.39, 0.29) is 11.7 Å². The molecule has 1 aromatic carbocycles. The topological polar surface area (TPSA) is 46.2 Å². The number of nitrogens with one attached hydrogen (secondary N) is 1. The molecule has 0 radical (unpaired) electrons. The zero-order chi connectivity index (χ0) is 13.2. The van der Waals surface area contributed by atoms with Crippen LogP contribution >= 0.6 is 11.3 Å². The molecule has 1 amide bonds. The number of aryl methyl sites for hydroxylation is 1. The maximum atomic E-state index is 12.3. The molecule has 3 nitrogen and oxygen atoms in total. The van der Waals surface area contributed by atoms with Crippen molar-refractivity contribution in [2.75, 3.05) is 6.54 Å². The highest BCUT2D eigenvalue weighted by molar-refractivity contribution is 7.08. The smallest absolute Gasteiger partial charge is 0.251 e. The van der Waals surface area contributed by atoms with E-state index in [0.29, 0.717) is 23.2 Å². The van der Waals surface area contributed by atoms with E-state index in [1.54, 1.807) is 12.1 Å². The van der Waals surface area contributed by atoms with Crippen LogP contribution in [-0.2, 0) is 6.42 Å². The molecule has 0 saturated heterocycles. The highest BCUT2D eigenvalue weighted by atomic mass is 32.1. The summed E-state index contributed by atoms with van der Waals surface area (Å²) in [5.74, 6) is -0.103. The number of rotatable bonds is 2. The van der Waals surface area contributed by atoms with Crippen LogP contribution in [0.3, 0.4) is 0 Å². The molecule has 4 heteroatoms. The van der Waals surface area contributed by atoms with Gasteiger partial charge in [0.05, 0.1) is 0 Å². The van der Waals surface area contributed by atoms with Crippen molar-refractivity contribution >= 4 is 23.0 Å². The molecule has 19 heavy (non-hydrogen) atoms. The Hall–Kier alpha value is -1.94. The van der Waals surface area contributed by atoms with Crippen LogP contribution in [0.15, 0.2) is 35.0 Å². The lowest BCUT2D eigenvalue weighted by Gasteiger charge is -2.06. The minimum Gasteiger partial charge on any atom is -0.352 e. The third-order valence-corrected chi connectivity index (χ3v) is 3.99. The Morgan fingerprint density at radius 3 is 2.89 bits per heavy atom. The van der Waals surface area contributed by atoms with E-state index in [0.717, 1.165) is 18.4 Å². The predicted molar refractivity (Wildman–Crippen MR) is 74.8 cm³/mol. The first-order valence-electron chi connectivity index (χ1n) is 6.24. The lowest BCUT2D eigenvalue weighted by atomic mass is 9.97. The number of ketones is 1. The van der Waals surface area contributed by atoms with E-state index in [1.807, 2.05) is 22.9 Å². The quantitative estimate of drug-likeness (QED) is 0.854. The van der Waals surface area contributed by atoms with Gasteiger partial charge in [0.2, 0.25) is 0 Å². The fourth-order valence-electron chi connectivity index (χ4n) is 2.28. The number of hydrogen-bond donors (Lipinski definition) is 1. The largest absolute Gasteiger partial charge is 0.352 e. The molecule has 0 spiro atoms. The van der Waals surface area contributed by atoms with Crippen molar-refractivity contribution in [3.63, 3.8) is 0 Å². The van der Waals surface area contributed by atoms with Crippen molar-refractivity contribution in [2.45, 2.75) is 12.8 Å². The second kappa shape index (κ2) is 4.97. The molecule has 0 aliphatic carbocycles. The lowest BCUT2D eigenvalue weighted by molar-refractivity contribution is 0.0956. The fraction of sp³-hybridized carbons (Fsp3) is 0.200. The molecule has 0 atom stereocenters. The summed E-state index contributed by atoms with van der Waals surface area (Å²) in [6.45, 7) is 0.696. The summed E-state index contributed by atoms with van der Waals surface area (Å²) in [4.78, 5) is 24.2. The highest BCUT2D eigenvalue weighted by Gasteiger charge is 2.18. The number of fused-ring (bicyclic) bond motifs is 1. The van der Waals surface area contributed by atoms with Gasteiger partial charge in [-0.3, -0.25) is 9.59 Å². The van der Waals surface area contributed by atoms with Crippen LogP contribution in [0.5, 0.6) is 0 Å². The molecule has 3 rings (SSSR count). The molecule has 0 saturated carbocycles. The first-order valence-corrected chi connectivity index (χ1v) is 7.18. The van der Waals surface area contributed by atoms with Crippen LogP contribution in [0, 0.1) is 0 Å². The second-order valence-corrected chi connectivity index (χ2v) is 5.35. The van der Waals surface area contributed by atoms with E-state index >= 15 is 0 Å². The molecular weight excluding hydrogens is 258 g/mol. The number of amides is 1. The van der Waals surface area contributed by atoms with Gasteiger partial charge in [-0.15, -0.1) is 0 Å². The SMILES string of the molecule is O=C(c1ccsc1)c1ccc2c(c1)C(=O)NCCC2. The number of carbonyl (C=O) groups is 2. The average molecular weight is 271 g/mol. The summed E-state index contributed by atoms with van der Waals surface area (Å²) < 4.78 is 0. The summed E-state index contributed by atoms with van der Waals surface area (Å²) in [6.07, 6.45) is 1.82. The van der Waals surface area contributed by atoms with E-state index in [4.69, 9.17) is 0 Å². The fourth-order valence-corrected chi connectivity index (χ4v) is 2.92.